The maximum Gasteiger partial charge on any atom is 0.126 e. The molecule has 0 bridgehead atoms. The third kappa shape index (κ3) is 8.36. The predicted molar refractivity (Wildman–Crippen MR) is 64.0 cm³/mol. The first-order valence-electron chi connectivity index (χ1n) is 5.79. The molecule has 0 heterocycles. The van der Waals surface area contributed by atoms with Crippen molar-refractivity contribution in [1.82, 2.24) is 5.32 Å². The highest BCUT2D eigenvalue weighted by Crippen LogP contribution is 2.18. The first-order valence-corrected chi connectivity index (χ1v) is 5.79. The van der Waals surface area contributed by atoms with Crippen LogP contribution in [0.4, 0.5) is 0 Å². The molecule has 0 radical (unpaired) electrons. The van der Waals surface area contributed by atoms with Gasteiger partial charge in [0.05, 0.1) is 0 Å². The van der Waals surface area contributed by atoms with Gasteiger partial charge in [-0.3, -0.25) is 0 Å². The summed E-state index contributed by atoms with van der Waals surface area (Å²) in [6, 6.07) is 0.636. The molecule has 0 aromatic heterocycles. The summed E-state index contributed by atoms with van der Waals surface area (Å²) in [6.07, 6.45) is 2.67. The van der Waals surface area contributed by atoms with E-state index in [1.54, 1.807) is 0 Å². The molecule has 78 valence electrons. The van der Waals surface area contributed by atoms with E-state index in [2.05, 4.69) is 39.9 Å². The second-order valence-corrected chi connectivity index (χ2v) is 4.80. The van der Waals surface area contributed by atoms with E-state index in [0.29, 0.717) is 6.04 Å². The topological polar surface area (TPSA) is 12.0 Å². The summed E-state index contributed by atoms with van der Waals surface area (Å²) in [4.78, 5) is 0. The van der Waals surface area contributed by atoms with Crippen molar-refractivity contribution in [1.29, 1.82) is 0 Å². The Labute approximate surface area is 84.9 Å². The van der Waals surface area contributed by atoms with E-state index in [1.165, 1.54) is 26.7 Å². The van der Waals surface area contributed by atoms with Crippen LogP contribution in [-0.2, 0) is 0 Å². The standard InChI is InChI=1S/C11H26BN/c1-6-11(12-9(2)3)7-8-13-10(4)5/h9-13H,6-8H2,1-5H3. The van der Waals surface area contributed by atoms with Gasteiger partial charge in [0, 0.05) is 6.04 Å². The maximum absolute atomic E-state index is 3.48. The molecule has 0 aromatic carbocycles. The van der Waals surface area contributed by atoms with Gasteiger partial charge >= 0.3 is 0 Å². The van der Waals surface area contributed by atoms with Crippen LogP contribution >= 0.6 is 0 Å². The number of hydrogen-bond donors (Lipinski definition) is 1. The molecule has 0 aromatic rings. The molecule has 0 saturated heterocycles. The Hall–Kier alpha value is 0.0249. The Morgan fingerprint density at radius 1 is 1.15 bits per heavy atom. The van der Waals surface area contributed by atoms with E-state index in [9.17, 15) is 0 Å². The normalized spacial score (nSPS) is 13.8. The monoisotopic (exact) mass is 183 g/mol. The molecule has 0 rings (SSSR count). The first kappa shape index (κ1) is 13.0. The molecule has 0 spiro atoms. The summed E-state index contributed by atoms with van der Waals surface area (Å²) in [7, 11) is 1.39. The number of hydrogen-bond acceptors (Lipinski definition) is 1. The lowest BCUT2D eigenvalue weighted by Gasteiger charge is -2.16. The van der Waals surface area contributed by atoms with Crippen LogP contribution in [-0.4, -0.2) is 19.9 Å². The smallest absolute Gasteiger partial charge is 0.126 e. The minimum absolute atomic E-state index is 0.636. The predicted octanol–water partition coefficient (Wildman–Crippen LogP) is 2.84. The summed E-state index contributed by atoms with van der Waals surface area (Å²) in [5.74, 6) is 1.77. The average molecular weight is 183 g/mol. The van der Waals surface area contributed by atoms with Crippen LogP contribution in [0.5, 0.6) is 0 Å². The zero-order chi connectivity index (χ0) is 10.3. The Bertz CT molecular complexity index is 113. The van der Waals surface area contributed by atoms with Gasteiger partial charge < -0.3 is 5.32 Å². The van der Waals surface area contributed by atoms with Gasteiger partial charge in [0.2, 0.25) is 0 Å². The Balaban J connectivity index is 3.48. The van der Waals surface area contributed by atoms with Crippen LogP contribution in [0, 0.1) is 0 Å². The quantitative estimate of drug-likeness (QED) is 0.598. The Morgan fingerprint density at radius 3 is 2.15 bits per heavy atom. The highest BCUT2D eigenvalue weighted by Gasteiger charge is 2.10. The summed E-state index contributed by atoms with van der Waals surface area (Å²) < 4.78 is 0. The molecule has 1 N–H and O–H groups in total. The van der Waals surface area contributed by atoms with E-state index in [0.717, 1.165) is 11.6 Å². The second kappa shape index (κ2) is 7.43. The van der Waals surface area contributed by atoms with Crippen LogP contribution in [0.3, 0.4) is 0 Å². The fourth-order valence-corrected chi connectivity index (χ4v) is 1.73. The van der Waals surface area contributed by atoms with E-state index in [4.69, 9.17) is 0 Å². The van der Waals surface area contributed by atoms with Gasteiger partial charge in [-0.05, 0) is 13.0 Å². The minimum Gasteiger partial charge on any atom is -0.315 e. The van der Waals surface area contributed by atoms with Gasteiger partial charge in [0.15, 0.2) is 0 Å². The zero-order valence-electron chi connectivity index (χ0n) is 10.1. The third-order valence-electron chi connectivity index (χ3n) is 2.49. The molecule has 13 heavy (non-hydrogen) atoms. The highest BCUT2D eigenvalue weighted by molar-refractivity contribution is 6.39. The van der Waals surface area contributed by atoms with Gasteiger partial charge in [0.1, 0.15) is 7.28 Å². The number of rotatable bonds is 7. The van der Waals surface area contributed by atoms with Gasteiger partial charge in [-0.1, -0.05) is 52.7 Å². The van der Waals surface area contributed by atoms with Gasteiger partial charge in [-0.15, -0.1) is 0 Å². The summed E-state index contributed by atoms with van der Waals surface area (Å²) >= 11 is 0. The van der Waals surface area contributed by atoms with Crippen LogP contribution < -0.4 is 5.32 Å². The molecule has 0 fully saturated rings. The zero-order valence-corrected chi connectivity index (χ0v) is 10.1. The average Bonchev–Trinajstić information content (AvgIpc) is 2.01. The van der Waals surface area contributed by atoms with Gasteiger partial charge in [-0.25, -0.2) is 0 Å². The van der Waals surface area contributed by atoms with Crippen molar-refractivity contribution in [2.45, 2.75) is 65.1 Å². The van der Waals surface area contributed by atoms with E-state index < -0.39 is 0 Å². The Kier molecular flexibility index (Phi) is 7.45. The van der Waals surface area contributed by atoms with Crippen molar-refractivity contribution in [3.63, 3.8) is 0 Å². The van der Waals surface area contributed by atoms with Crippen molar-refractivity contribution < 1.29 is 0 Å². The van der Waals surface area contributed by atoms with Crippen LogP contribution in [0.1, 0.15) is 47.5 Å². The van der Waals surface area contributed by atoms with E-state index in [1.807, 2.05) is 0 Å². The SMILES string of the molecule is CCC(BC(C)C)CCNC(C)C. The van der Waals surface area contributed by atoms with Crippen molar-refractivity contribution in [3.05, 3.63) is 0 Å². The highest BCUT2D eigenvalue weighted by atomic mass is 14.9. The van der Waals surface area contributed by atoms with Crippen LogP contribution in [0.2, 0.25) is 11.6 Å². The van der Waals surface area contributed by atoms with Crippen molar-refractivity contribution in [3.8, 4) is 0 Å². The lowest BCUT2D eigenvalue weighted by molar-refractivity contribution is 0.551. The molecule has 1 nitrogen and oxygen atoms in total. The third-order valence-corrected chi connectivity index (χ3v) is 2.49. The van der Waals surface area contributed by atoms with Crippen molar-refractivity contribution in [2.75, 3.05) is 6.54 Å². The molecule has 0 aliphatic heterocycles. The van der Waals surface area contributed by atoms with Gasteiger partial charge in [0.25, 0.3) is 0 Å². The van der Waals surface area contributed by atoms with Crippen LogP contribution in [0.15, 0.2) is 0 Å². The summed E-state index contributed by atoms with van der Waals surface area (Å²) in [6.45, 7) is 12.6. The van der Waals surface area contributed by atoms with Crippen molar-refractivity contribution >= 4 is 7.28 Å². The fourth-order valence-electron chi connectivity index (χ4n) is 1.73. The molecule has 1 unspecified atom stereocenters. The van der Waals surface area contributed by atoms with E-state index in [-0.39, 0.29) is 0 Å². The molecular weight excluding hydrogens is 157 g/mol. The van der Waals surface area contributed by atoms with Crippen LogP contribution in [0.25, 0.3) is 0 Å². The summed E-state index contributed by atoms with van der Waals surface area (Å²) in [5.41, 5.74) is 0. The Morgan fingerprint density at radius 2 is 1.77 bits per heavy atom. The number of nitrogens with one attached hydrogen (secondary N) is 1. The molecule has 0 amide bonds. The molecule has 2 heteroatoms. The minimum atomic E-state index is 0.636. The lowest BCUT2D eigenvalue weighted by Crippen LogP contribution is -2.25. The fraction of sp³-hybridized carbons (Fsp3) is 1.00. The molecule has 0 aliphatic carbocycles. The summed E-state index contributed by atoms with van der Waals surface area (Å²) in [5, 5.41) is 3.48. The molecule has 1 atom stereocenters. The van der Waals surface area contributed by atoms with Crippen molar-refractivity contribution in [2.24, 2.45) is 0 Å². The first-order chi connectivity index (χ1) is 6.06. The largest absolute Gasteiger partial charge is 0.315 e. The lowest BCUT2D eigenvalue weighted by atomic mass is 9.54. The van der Waals surface area contributed by atoms with Gasteiger partial charge in [-0.2, -0.15) is 0 Å². The molecular formula is C11H26BN. The molecule has 0 saturated carbocycles. The second-order valence-electron chi connectivity index (χ2n) is 4.80. The molecule has 0 aliphatic rings. The maximum atomic E-state index is 3.48. The van der Waals surface area contributed by atoms with E-state index >= 15 is 0 Å².